The number of rotatable bonds is 1. The molecule has 2 heterocycles. The van der Waals surface area contributed by atoms with E-state index in [4.69, 9.17) is 21.8 Å². The molecule has 0 fully saturated rings. The van der Waals surface area contributed by atoms with Crippen LogP contribution in [0.2, 0.25) is 5.02 Å². The van der Waals surface area contributed by atoms with Gasteiger partial charge >= 0.3 is 0 Å². The topological polar surface area (TPSA) is 64.9 Å². The van der Waals surface area contributed by atoms with E-state index in [9.17, 15) is 0 Å². The van der Waals surface area contributed by atoms with Gasteiger partial charge in [-0.25, -0.2) is 4.98 Å². The van der Waals surface area contributed by atoms with Crippen LogP contribution in [0.5, 0.6) is 0 Å². The molecule has 0 bridgehead atoms. The highest BCUT2D eigenvalue weighted by molar-refractivity contribution is 6.30. The number of aromatic nitrogens is 2. The summed E-state index contributed by atoms with van der Waals surface area (Å²) in [6.45, 7) is 0. The Morgan fingerprint density at radius 2 is 2.12 bits per heavy atom. The zero-order chi connectivity index (χ0) is 11.8. The molecule has 0 spiro atoms. The van der Waals surface area contributed by atoms with Crippen molar-refractivity contribution in [2.24, 2.45) is 0 Å². The SMILES string of the molecule is Nc1cccc(-c2nc3ncc(Cl)cc3o2)c1. The number of benzene rings is 1. The van der Waals surface area contributed by atoms with Crippen molar-refractivity contribution in [1.82, 2.24) is 9.97 Å². The first kappa shape index (κ1) is 10.1. The number of fused-ring (bicyclic) bond motifs is 1. The first-order chi connectivity index (χ1) is 8.22. The third-order valence-corrected chi connectivity index (χ3v) is 2.55. The molecule has 0 saturated carbocycles. The first-order valence-electron chi connectivity index (χ1n) is 5.00. The van der Waals surface area contributed by atoms with Crippen LogP contribution in [0.4, 0.5) is 5.69 Å². The van der Waals surface area contributed by atoms with Crippen molar-refractivity contribution in [3.05, 3.63) is 41.6 Å². The minimum atomic E-state index is 0.488. The lowest BCUT2D eigenvalue weighted by atomic mass is 10.2. The number of nitrogens with zero attached hydrogens (tertiary/aromatic N) is 2. The van der Waals surface area contributed by atoms with Crippen molar-refractivity contribution in [2.75, 3.05) is 5.73 Å². The molecule has 4 nitrogen and oxygen atoms in total. The van der Waals surface area contributed by atoms with Gasteiger partial charge in [-0.3, -0.25) is 0 Å². The van der Waals surface area contributed by atoms with Gasteiger partial charge in [-0.15, -0.1) is 0 Å². The van der Waals surface area contributed by atoms with Crippen molar-refractivity contribution >= 4 is 28.5 Å². The van der Waals surface area contributed by atoms with Gasteiger partial charge in [0.05, 0.1) is 5.02 Å². The zero-order valence-corrected chi connectivity index (χ0v) is 9.48. The van der Waals surface area contributed by atoms with Gasteiger partial charge in [0, 0.05) is 23.5 Å². The molecule has 0 aliphatic rings. The number of hydrogen-bond acceptors (Lipinski definition) is 4. The van der Waals surface area contributed by atoms with Crippen molar-refractivity contribution in [2.45, 2.75) is 0 Å². The maximum atomic E-state index is 5.83. The van der Waals surface area contributed by atoms with Crippen LogP contribution in [0.3, 0.4) is 0 Å². The fraction of sp³-hybridized carbons (Fsp3) is 0. The molecular formula is C12H8ClN3O. The standard InChI is InChI=1S/C12H8ClN3O/c13-8-5-10-11(15-6-8)16-12(17-10)7-2-1-3-9(14)4-7/h1-6H,14H2. The van der Waals surface area contributed by atoms with Crippen LogP contribution < -0.4 is 5.73 Å². The summed E-state index contributed by atoms with van der Waals surface area (Å²) in [5.74, 6) is 0.488. The molecule has 3 aromatic rings. The van der Waals surface area contributed by atoms with Gasteiger partial charge in [0.25, 0.3) is 0 Å². The second-order valence-corrected chi connectivity index (χ2v) is 4.06. The molecule has 17 heavy (non-hydrogen) atoms. The lowest BCUT2D eigenvalue weighted by Gasteiger charge is -1.95. The van der Waals surface area contributed by atoms with Crippen molar-refractivity contribution in [1.29, 1.82) is 0 Å². The van der Waals surface area contributed by atoms with Crippen LogP contribution in [-0.4, -0.2) is 9.97 Å². The van der Waals surface area contributed by atoms with E-state index in [1.807, 2.05) is 12.1 Å². The summed E-state index contributed by atoms with van der Waals surface area (Å²) < 4.78 is 5.58. The number of nitrogen functional groups attached to an aromatic ring is 1. The normalized spacial score (nSPS) is 10.9. The van der Waals surface area contributed by atoms with Crippen LogP contribution in [0.15, 0.2) is 40.9 Å². The molecule has 0 aliphatic heterocycles. The van der Waals surface area contributed by atoms with E-state index < -0.39 is 0 Å². The molecule has 5 heteroatoms. The number of oxazole rings is 1. The molecule has 3 rings (SSSR count). The van der Waals surface area contributed by atoms with E-state index in [1.54, 1.807) is 18.2 Å². The highest BCUT2D eigenvalue weighted by Gasteiger charge is 2.09. The fourth-order valence-corrected chi connectivity index (χ4v) is 1.74. The quantitative estimate of drug-likeness (QED) is 0.669. The number of hydrogen-bond donors (Lipinski definition) is 1. The molecule has 1 aromatic carbocycles. The molecule has 2 N–H and O–H groups in total. The number of anilines is 1. The van der Waals surface area contributed by atoms with Crippen molar-refractivity contribution in [3.8, 4) is 11.5 Å². The minimum absolute atomic E-state index is 0.488. The molecule has 0 radical (unpaired) electrons. The van der Waals surface area contributed by atoms with Crippen LogP contribution >= 0.6 is 11.6 Å². The summed E-state index contributed by atoms with van der Waals surface area (Å²) in [5, 5.41) is 0.521. The van der Waals surface area contributed by atoms with E-state index in [0.717, 1.165) is 5.56 Å². The van der Waals surface area contributed by atoms with Gasteiger partial charge in [0.2, 0.25) is 5.89 Å². The average molecular weight is 246 g/mol. The maximum Gasteiger partial charge on any atom is 0.228 e. The Kier molecular flexibility index (Phi) is 2.23. The lowest BCUT2D eigenvalue weighted by Crippen LogP contribution is -1.84. The second kappa shape index (κ2) is 3.75. The summed E-state index contributed by atoms with van der Waals surface area (Å²) in [6, 6.07) is 9.02. The minimum Gasteiger partial charge on any atom is -0.434 e. The third-order valence-electron chi connectivity index (χ3n) is 2.35. The van der Waals surface area contributed by atoms with E-state index in [1.165, 1.54) is 6.20 Å². The van der Waals surface area contributed by atoms with Crippen LogP contribution in [0, 0.1) is 0 Å². The molecule has 0 atom stereocenters. The lowest BCUT2D eigenvalue weighted by molar-refractivity contribution is 0.620. The first-order valence-corrected chi connectivity index (χ1v) is 5.38. The Morgan fingerprint density at radius 1 is 1.24 bits per heavy atom. The Labute approximate surface area is 102 Å². The van der Waals surface area contributed by atoms with Crippen LogP contribution in [0.1, 0.15) is 0 Å². The summed E-state index contributed by atoms with van der Waals surface area (Å²) in [5.41, 5.74) is 8.29. The third kappa shape index (κ3) is 1.83. The molecule has 0 unspecified atom stereocenters. The highest BCUT2D eigenvalue weighted by atomic mass is 35.5. The molecule has 0 saturated heterocycles. The van der Waals surface area contributed by atoms with Crippen molar-refractivity contribution < 1.29 is 4.42 Å². The summed E-state index contributed by atoms with van der Waals surface area (Å²) >= 11 is 5.83. The van der Waals surface area contributed by atoms with Gasteiger partial charge in [-0.2, -0.15) is 4.98 Å². The van der Waals surface area contributed by atoms with E-state index in [0.29, 0.717) is 27.8 Å². The van der Waals surface area contributed by atoms with E-state index in [-0.39, 0.29) is 0 Å². The number of pyridine rings is 1. The second-order valence-electron chi connectivity index (χ2n) is 3.62. The van der Waals surface area contributed by atoms with Gasteiger partial charge in [-0.05, 0) is 18.2 Å². The molecule has 2 aromatic heterocycles. The van der Waals surface area contributed by atoms with E-state index in [2.05, 4.69) is 9.97 Å². The maximum absolute atomic E-state index is 5.83. The summed E-state index contributed by atoms with van der Waals surface area (Å²) in [4.78, 5) is 8.35. The smallest absolute Gasteiger partial charge is 0.228 e. The van der Waals surface area contributed by atoms with Gasteiger partial charge < -0.3 is 10.2 Å². The predicted molar refractivity (Wildman–Crippen MR) is 66.7 cm³/mol. The highest BCUT2D eigenvalue weighted by Crippen LogP contribution is 2.25. The zero-order valence-electron chi connectivity index (χ0n) is 8.72. The van der Waals surface area contributed by atoms with Gasteiger partial charge in [0.15, 0.2) is 11.2 Å². The molecule has 84 valence electrons. The fourth-order valence-electron chi connectivity index (χ4n) is 1.59. The Morgan fingerprint density at radius 3 is 2.94 bits per heavy atom. The van der Waals surface area contributed by atoms with E-state index >= 15 is 0 Å². The molecular weight excluding hydrogens is 238 g/mol. The summed E-state index contributed by atoms with van der Waals surface area (Å²) in [7, 11) is 0. The van der Waals surface area contributed by atoms with Gasteiger partial charge in [-0.1, -0.05) is 17.7 Å². The number of halogens is 1. The number of nitrogens with two attached hydrogens (primary N) is 1. The molecule has 0 amide bonds. The summed E-state index contributed by atoms with van der Waals surface area (Å²) in [6.07, 6.45) is 1.54. The average Bonchev–Trinajstić information content (AvgIpc) is 2.72. The van der Waals surface area contributed by atoms with Crippen molar-refractivity contribution in [3.63, 3.8) is 0 Å². The van der Waals surface area contributed by atoms with Crippen LogP contribution in [0.25, 0.3) is 22.7 Å². The molecule has 0 aliphatic carbocycles. The predicted octanol–water partition coefficient (Wildman–Crippen LogP) is 3.13. The largest absolute Gasteiger partial charge is 0.434 e. The Bertz CT molecular complexity index is 693. The Balaban J connectivity index is 2.18. The van der Waals surface area contributed by atoms with Crippen LogP contribution in [-0.2, 0) is 0 Å². The van der Waals surface area contributed by atoms with Gasteiger partial charge in [0.1, 0.15) is 0 Å². The Hall–Kier alpha value is -2.07. The monoisotopic (exact) mass is 245 g/mol.